The van der Waals surface area contributed by atoms with Crippen molar-refractivity contribution < 1.29 is 22.8 Å². The zero-order chi connectivity index (χ0) is 38.8. The van der Waals surface area contributed by atoms with Crippen LogP contribution in [0.1, 0.15) is 94.9 Å². The number of hydrogen-bond donors (Lipinski definition) is 1. The van der Waals surface area contributed by atoms with Crippen LogP contribution in [0.5, 0.6) is 0 Å². The Labute approximate surface area is 309 Å². The molecule has 0 heterocycles. The largest absolute Gasteiger partial charge is 0.412 e. The van der Waals surface area contributed by atoms with Gasteiger partial charge in [-0.1, -0.05) is 97.2 Å². The van der Waals surface area contributed by atoms with E-state index >= 15 is 0 Å². The van der Waals surface area contributed by atoms with E-state index in [2.05, 4.69) is 177 Å². The minimum atomic E-state index is -2.90. The van der Waals surface area contributed by atoms with Crippen LogP contribution < -0.4 is 5.19 Å². The highest BCUT2D eigenvalue weighted by molar-refractivity contribution is 6.90. The molecule has 1 aromatic carbocycles. The van der Waals surface area contributed by atoms with E-state index in [0.717, 1.165) is 25.7 Å². The summed E-state index contributed by atoms with van der Waals surface area (Å²) in [5, 5.41) is 10.7. The predicted molar refractivity (Wildman–Crippen MR) is 228 cm³/mol. The van der Waals surface area contributed by atoms with Crippen LogP contribution in [0.15, 0.2) is 42.6 Å². The normalized spacial score (nSPS) is 22.6. The zero-order valence-corrected chi connectivity index (χ0v) is 40.9. The molecule has 1 N–H and O–H groups in total. The summed E-state index contributed by atoms with van der Waals surface area (Å²) in [4.78, 5) is 0. The van der Waals surface area contributed by atoms with E-state index in [9.17, 15) is 5.11 Å². The lowest BCUT2D eigenvalue weighted by Crippen LogP contribution is -2.72. The SMILES string of the molecule is C=C[Si](C)(OC(C)(CC)C(C)(CC)[Si](C)(OC(C)(CO)[Si](C)(C)C)c1ccccc1)C(C)(CC)C(C)O[Si](C)(C)C(C)(CC)O[Si](C)(C)C. The van der Waals surface area contributed by atoms with Gasteiger partial charge < -0.3 is 22.8 Å². The number of rotatable bonds is 21. The Morgan fingerprint density at radius 1 is 0.714 bits per heavy atom. The molecule has 0 aliphatic carbocycles. The summed E-state index contributed by atoms with van der Waals surface area (Å²) in [6.45, 7) is 50.6. The summed E-state index contributed by atoms with van der Waals surface area (Å²) in [6.07, 6.45) is 3.48. The number of hydrogen-bond acceptors (Lipinski definition) is 5. The molecule has 0 saturated heterocycles. The average Bonchev–Trinajstić information content (AvgIpc) is 3.01. The second-order valence-electron chi connectivity index (χ2n) is 18.7. The first-order valence-corrected chi connectivity index (χ1v) is 33.8. The third-order valence-corrected chi connectivity index (χ3v) is 32.6. The van der Waals surface area contributed by atoms with Crippen LogP contribution in [-0.2, 0) is 17.7 Å². The molecule has 5 nitrogen and oxygen atoms in total. The van der Waals surface area contributed by atoms with Gasteiger partial charge in [0.05, 0.1) is 30.7 Å². The van der Waals surface area contributed by atoms with Crippen molar-refractivity contribution in [2.45, 2.75) is 193 Å². The molecule has 0 aromatic heterocycles. The lowest BCUT2D eigenvalue weighted by molar-refractivity contribution is -0.00650. The lowest BCUT2D eigenvalue weighted by Gasteiger charge is -2.61. The van der Waals surface area contributed by atoms with Gasteiger partial charge in [0.15, 0.2) is 8.32 Å². The first-order valence-electron chi connectivity index (χ1n) is 19.1. The minimum absolute atomic E-state index is 0.00128. The van der Waals surface area contributed by atoms with Crippen LogP contribution in [0.25, 0.3) is 0 Å². The molecular weight excluding hydrogens is 689 g/mol. The van der Waals surface area contributed by atoms with E-state index in [1.165, 1.54) is 5.19 Å². The molecule has 0 fully saturated rings. The molecule has 0 bridgehead atoms. The van der Waals surface area contributed by atoms with Crippen molar-refractivity contribution in [3.8, 4) is 0 Å². The van der Waals surface area contributed by atoms with Crippen LogP contribution in [0, 0.1) is 0 Å². The molecule has 0 aliphatic heterocycles. The van der Waals surface area contributed by atoms with Crippen LogP contribution in [-0.4, -0.2) is 75.2 Å². The van der Waals surface area contributed by atoms with Crippen molar-refractivity contribution in [1.82, 2.24) is 0 Å². The molecule has 1 aromatic rings. The minimum Gasteiger partial charge on any atom is -0.412 e. The summed E-state index contributed by atoms with van der Waals surface area (Å²) in [5.74, 6) is 0. The Morgan fingerprint density at radius 3 is 1.57 bits per heavy atom. The first kappa shape index (κ1) is 46.9. The highest BCUT2D eigenvalue weighted by Crippen LogP contribution is 2.59. The number of aliphatic hydroxyl groups is 1. The van der Waals surface area contributed by atoms with Gasteiger partial charge in [0, 0.05) is 16.2 Å². The standard InChI is InChI=1S/C39H80O5Si5/c1-22-35(7,33(6)41-47(18,19)38(10,25-4)43-46(15,16)17)48(20,26-5)42-36(8,23-2)37(9,24-3)49(21,34-30-28-27-29-31-34)44-39(11,32-40)45(12,13)14/h26-31,33,40H,5,22-25,32H2,1-4,6-21H3. The van der Waals surface area contributed by atoms with Crippen molar-refractivity contribution in [2.75, 3.05) is 6.61 Å². The fourth-order valence-electron chi connectivity index (χ4n) is 7.80. The average molecular weight is 769 g/mol. The lowest BCUT2D eigenvalue weighted by atomic mass is 9.85. The third kappa shape index (κ3) is 8.98. The first-order chi connectivity index (χ1) is 22.0. The molecular formula is C39H80O5Si5. The Balaban J connectivity index is 3.96. The molecule has 0 spiro atoms. The van der Waals surface area contributed by atoms with E-state index in [-0.39, 0.29) is 28.0 Å². The van der Waals surface area contributed by atoms with E-state index in [0.29, 0.717) is 0 Å². The molecule has 1 rings (SSSR count). The fraction of sp³-hybridized carbons (Fsp3) is 0.795. The Morgan fingerprint density at radius 2 is 1.22 bits per heavy atom. The van der Waals surface area contributed by atoms with Gasteiger partial charge in [-0.3, -0.25) is 0 Å². The van der Waals surface area contributed by atoms with Gasteiger partial charge in [-0.05, 0) is 104 Å². The summed E-state index contributed by atoms with van der Waals surface area (Å²) < 4.78 is 29.8. The summed E-state index contributed by atoms with van der Waals surface area (Å²) in [5.41, 5.74) is 1.63. The van der Waals surface area contributed by atoms with Crippen LogP contribution in [0.2, 0.25) is 75.5 Å². The molecule has 49 heavy (non-hydrogen) atoms. The van der Waals surface area contributed by atoms with Gasteiger partial charge in [0.1, 0.15) is 0 Å². The molecule has 0 radical (unpaired) electrons. The van der Waals surface area contributed by atoms with Gasteiger partial charge >= 0.3 is 0 Å². The van der Waals surface area contributed by atoms with Gasteiger partial charge in [0.2, 0.25) is 25.0 Å². The van der Waals surface area contributed by atoms with E-state index in [1.807, 2.05) is 0 Å². The van der Waals surface area contributed by atoms with Crippen molar-refractivity contribution in [3.05, 3.63) is 42.6 Å². The van der Waals surface area contributed by atoms with Crippen molar-refractivity contribution >= 4 is 46.5 Å². The zero-order valence-electron chi connectivity index (χ0n) is 35.9. The third-order valence-electron chi connectivity index (χ3n) is 13.8. The molecule has 0 amide bonds. The van der Waals surface area contributed by atoms with Gasteiger partial charge in [-0.25, -0.2) is 0 Å². The summed E-state index contributed by atoms with van der Waals surface area (Å²) in [7, 11) is -11.8. The molecule has 8 atom stereocenters. The fourth-order valence-corrected chi connectivity index (χ4v) is 24.3. The van der Waals surface area contributed by atoms with Gasteiger partial charge in [0.25, 0.3) is 0 Å². The second kappa shape index (κ2) is 16.1. The highest BCUT2D eigenvalue weighted by atomic mass is 28.4. The van der Waals surface area contributed by atoms with Crippen molar-refractivity contribution in [2.24, 2.45) is 0 Å². The summed E-state index contributed by atoms with van der Waals surface area (Å²) in [6, 6.07) is 10.8. The molecule has 0 saturated carbocycles. The van der Waals surface area contributed by atoms with Crippen LogP contribution in [0.3, 0.4) is 0 Å². The maximum atomic E-state index is 11.0. The molecule has 8 unspecified atom stereocenters. The van der Waals surface area contributed by atoms with Crippen molar-refractivity contribution in [3.63, 3.8) is 0 Å². The molecule has 286 valence electrons. The van der Waals surface area contributed by atoms with E-state index in [4.69, 9.17) is 17.7 Å². The van der Waals surface area contributed by atoms with Gasteiger partial charge in [-0.15, -0.1) is 6.58 Å². The van der Waals surface area contributed by atoms with Gasteiger partial charge in [-0.2, -0.15) is 0 Å². The van der Waals surface area contributed by atoms with Crippen molar-refractivity contribution in [1.29, 1.82) is 0 Å². The Kier molecular flexibility index (Phi) is 15.4. The quantitative estimate of drug-likeness (QED) is 0.126. The monoisotopic (exact) mass is 768 g/mol. The topological polar surface area (TPSA) is 57.2 Å². The smallest absolute Gasteiger partial charge is 0.230 e. The maximum absolute atomic E-state index is 11.0. The highest BCUT2D eigenvalue weighted by Gasteiger charge is 2.65. The van der Waals surface area contributed by atoms with Crippen LogP contribution in [0.4, 0.5) is 0 Å². The van der Waals surface area contributed by atoms with E-state index < -0.39 is 52.2 Å². The van der Waals surface area contributed by atoms with E-state index in [1.54, 1.807) is 0 Å². The second-order valence-corrected chi connectivity index (χ2v) is 40.9. The number of benzene rings is 1. The number of aliphatic hydroxyl groups excluding tert-OH is 1. The van der Waals surface area contributed by atoms with Crippen LogP contribution >= 0.6 is 0 Å². The Hall–Kier alpha value is -0.156. The molecule has 10 heteroatoms. The predicted octanol–water partition coefficient (Wildman–Crippen LogP) is 11.1. The Bertz CT molecular complexity index is 1220. The molecule has 0 aliphatic rings. The maximum Gasteiger partial charge on any atom is 0.230 e. The summed E-state index contributed by atoms with van der Waals surface area (Å²) >= 11 is 0.